The van der Waals surface area contributed by atoms with Crippen molar-refractivity contribution in [3.63, 3.8) is 0 Å². The highest BCUT2D eigenvalue weighted by Gasteiger charge is 2.16. The summed E-state index contributed by atoms with van der Waals surface area (Å²) in [6.07, 6.45) is 0. The molecule has 3 nitrogen and oxygen atoms in total. The molecule has 0 aliphatic rings. The maximum Gasteiger partial charge on any atom is 0.164 e. The van der Waals surface area contributed by atoms with E-state index in [1.54, 1.807) is 0 Å². The summed E-state index contributed by atoms with van der Waals surface area (Å²) in [5.74, 6) is 1.95. The first-order valence-corrected chi connectivity index (χ1v) is 16.5. The van der Waals surface area contributed by atoms with Crippen LogP contribution in [0, 0.1) is 0 Å². The molecule has 7 aromatic carbocycles. The van der Waals surface area contributed by atoms with Crippen molar-refractivity contribution >= 4 is 42.3 Å². The van der Waals surface area contributed by atoms with Crippen LogP contribution in [0.25, 0.3) is 87.4 Å². The highest BCUT2D eigenvalue weighted by Crippen LogP contribution is 2.38. The average molecular weight is 618 g/mol. The number of nitrogens with zero attached hydrogens (tertiary/aromatic N) is 3. The van der Waals surface area contributed by atoms with Crippen molar-refractivity contribution < 1.29 is 0 Å². The van der Waals surface area contributed by atoms with Crippen molar-refractivity contribution in [3.05, 3.63) is 164 Å². The predicted molar refractivity (Wildman–Crippen MR) is 197 cm³/mol. The standard InChI is InChI=1S/C43H27N3S/c1-3-12-28(13-4-1)34-25-32-16-7-8-19-35(32)38(26-34)43-45-41(29-14-5-2-6-15-29)44-42(46-43)33-18-11-17-30(24-33)31-22-23-37-36-20-9-10-21-39(36)47-40(37)27-31/h1-27H. The van der Waals surface area contributed by atoms with Crippen LogP contribution < -0.4 is 0 Å². The molecule has 9 aromatic rings. The summed E-state index contributed by atoms with van der Waals surface area (Å²) in [5, 5.41) is 4.85. The Labute approximate surface area is 276 Å². The monoisotopic (exact) mass is 617 g/mol. The van der Waals surface area contributed by atoms with Crippen molar-refractivity contribution in [1.29, 1.82) is 0 Å². The molecule has 220 valence electrons. The van der Waals surface area contributed by atoms with Gasteiger partial charge in [-0.1, -0.05) is 133 Å². The van der Waals surface area contributed by atoms with E-state index in [0.29, 0.717) is 17.5 Å². The second-order valence-electron chi connectivity index (χ2n) is 11.7. The smallest absolute Gasteiger partial charge is 0.164 e. The van der Waals surface area contributed by atoms with E-state index in [2.05, 4.69) is 140 Å². The van der Waals surface area contributed by atoms with E-state index < -0.39 is 0 Å². The molecular weight excluding hydrogens is 591 g/mol. The van der Waals surface area contributed by atoms with Gasteiger partial charge in [0.25, 0.3) is 0 Å². The van der Waals surface area contributed by atoms with Crippen molar-refractivity contribution in [2.24, 2.45) is 0 Å². The maximum absolute atomic E-state index is 5.18. The normalized spacial score (nSPS) is 11.4. The minimum Gasteiger partial charge on any atom is -0.208 e. The van der Waals surface area contributed by atoms with Crippen LogP contribution in [0.5, 0.6) is 0 Å². The second-order valence-corrected chi connectivity index (χ2v) is 12.8. The molecule has 0 spiro atoms. The van der Waals surface area contributed by atoms with Gasteiger partial charge in [0.05, 0.1) is 0 Å². The van der Waals surface area contributed by atoms with E-state index in [9.17, 15) is 0 Å². The molecule has 0 aliphatic heterocycles. The Morgan fingerprint density at radius 2 is 0.915 bits per heavy atom. The zero-order valence-corrected chi connectivity index (χ0v) is 26.2. The van der Waals surface area contributed by atoms with Crippen LogP contribution in [-0.2, 0) is 0 Å². The summed E-state index contributed by atoms with van der Waals surface area (Å²) >= 11 is 1.84. The number of thiophene rings is 1. The lowest BCUT2D eigenvalue weighted by atomic mass is 9.96. The van der Waals surface area contributed by atoms with Gasteiger partial charge < -0.3 is 0 Å². The first-order valence-electron chi connectivity index (χ1n) is 15.7. The molecule has 2 aromatic heterocycles. The van der Waals surface area contributed by atoms with E-state index >= 15 is 0 Å². The molecule has 9 rings (SSSR count). The fourth-order valence-corrected chi connectivity index (χ4v) is 7.52. The van der Waals surface area contributed by atoms with E-state index in [-0.39, 0.29) is 0 Å². The van der Waals surface area contributed by atoms with E-state index in [4.69, 9.17) is 15.0 Å². The van der Waals surface area contributed by atoms with Crippen LogP contribution in [-0.4, -0.2) is 15.0 Å². The Balaban J connectivity index is 1.22. The summed E-state index contributed by atoms with van der Waals surface area (Å²) in [4.78, 5) is 15.3. The third kappa shape index (κ3) is 5.05. The number of hydrogen-bond acceptors (Lipinski definition) is 4. The van der Waals surface area contributed by atoms with Crippen molar-refractivity contribution in [3.8, 4) is 56.4 Å². The molecule has 0 atom stereocenters. The fraction of sp³-hybridized carbons (Fsp3) is 0. The number of aromatic nitrogens is 3. The first kappa shape index (κ1) is 27.3. The lowest BCUT2D eigenvalue weighted by Gasteiger charge is -2.13. The van der Waals surface area contributed by atoms with Gasteiger partial charge in [-0.2, -0.15) is 0 Å². The molecule has 0 saturated carbocycles. The third-order valence-corrected chi connectivity index (χ3v) is 9.84. The highest BCUT2D eigenvalue weighted by atomic mass is 32.1. The number of rotatable bonds is 5. The summed E-state index contributed by atoms with van der Waals surface area (Å²) in [6.45, 7) is 0. The van der Waals surface area contributed by atoms with Gasteiger partial charge in [-0.25, -0.2) is 15.0 Å². The lowest BCUT2D eigenvalue weighted by Crippen LogP contribution is -2.01. The Bertz CT molecular complexity index is 2570. The molecule has 0 saturated heterocycles. The summed E-state index contributed by atoms with van der Waals surface area (Å²) in [7, 11) is 0. The topological polar surface area (TPSA) is 38.7 Å². The average Bonchev–Trinajstić information content (AvgIpc) is 3.53. The number of hydrogen-bond donors (Lipinski definition) is 0. The molecule has 0 unspecified atom stereocenters. The molecule has 2 heterocycles. The second kappa shape index (κ2) is 11.4. The van der Waals surface area contributed by atoms with Crippen LogP contribution in [0.3, 0.4) is 0 Å². The molecule has 0 fully saturated rings. The van der Waals surface area contributed by atoms with E-state index in [1.807, 2.05) is 35.6 Å². The van der Waals surface area contributed by atoms with Crippen LogP contribution in [0.4, 0.5) is 0 Å². The van der Waals surface area contributed by atoms with Crippen LogP contribution in [0.1, 0.15) is 0 Å². The molecule has 0 aliphatic carbocycles. The molecule has 0 radical (unpaired) electrons. The van der Waals surface area contributed by atoms with Gasteiger partial charge in [0.2, 0.25) is 0 Å². The summed E-state index contributed by atoms with van der Waals surface area (Å²) in [5.41, 5.74) is 7.46. The van der Waals surface area contributed by atoms with E-state index in [1.165, 1.54) is 25.7 Å². The number of benzene rings is 7. The van der Waals surface area contributed by atoms with Gasteiger partial charge >= 0.3 is 0 Å². The van der Waals surface area contributed by atoms with Gasteiger partial charge in [0, 0.05) is 36.9 Å². The molecule has 0 bridgehead atoms. The zero-order chi connectivity index (χ0) is 31.2. The molecule has 0 amide bonds. The van der Waals surface area contributed by atoms with Crippen LogP contribution >= 0.6 is 11.3 Å². The van der Waals surface area contributed by atoms with Crippen molar-refractivity contribution in [2.75, 3.05) is 0 Å². The third-order valence-electron chi connectivity index (χ3n) is 8.71. The fourth-order valence-electron chi connectivity index (χ4n) is 6.38. The van der Waals surface area contributed by atoms with Gasteiger partial charge in [0.15, 0.2) is 17.5 Å². The SMILES string of the molecule is c1ccc(-c2cc(-c3nc(-c4ccccc4)nc(-c4cccc(-c5ccc6c(c5)sc5ccccc56)c4)n3)c3ccccc3c2)cc1. The zero-order valence-electron chi connectivity index (χ0n) is 25.3. The summed E-state index contributed by atoms with van der Waals surface area (Å²) in [6, 6.07) is 57.5. The molecule has 47 heavy (non-hydrogen) atoms. The van der Waals surface area contributed by atoms with Crippen LogP contribution in [0.2, 0.25) is 0 Å². The largest absolute Gasteiger partial charge is 0.208 e. The predicted octanol–water partition coefficient (Wildman–Crippen LogP) is 11.7. The van der Waals surface area contributed by atoms with Crippen molar-refractivity contribution in [1.82, 2.24) is 15.0 Å². The minimum absolute atomic E-state index is 0.646. The molecular formula is C43H27N3S. The Kier molecular flexibility index (Phi) is 6.65. The molecule has 4 heteroatoms. The number of fused-ring (bicyclic) bond motifs is 4. The van der Waals surface area contributed by atoms with Crippen LogP contribution in [0.15, 0.2) is 164 Å². The van der Waals surface area contributed by atoms with Crippen molar-refractivity contribution in [2.45, 2.75) is 0 Å². The van der Waals surface area contributed by atoms with Gasteiger partial charge in [-0.05, 0) is 63.4 Å². The van der Waals surface area contributed by atoms with E-state index in [0.717, 1.165) is 44.2 Å². The summed E-state index contributed by atoms with van der Waals surface area (Å²) < 4.78 is 2.59. The van der Waals surface area contributed by atoms with Gasteiger partial charge in [0.1, 0.15) is 0 Å². The lowest BCUT2D eigenvalue weighted by molar-refractivity contribution is 1.08. The van der Waals surface area contributed by atoms with Gasteiger partial charge in [-0.3, -0.25) is 0 Å². The Morgan fingerprint density at radius 1 is 0.319 bits per heavy atom. The Morgan fingerprint density at radius 3 is 1.74 bits per heavy atom. The quantitative estimate of drug-likeness (QED) is 0.193. The first-order chi connectivity index (χ1) is 23.3. The Hall–Kier alpha value is -5.97. The maximum atomic E-state index is 5.18. The highest BCUT2D eigenvalue weighted by molar-refractivity contribution is 7.25. The molecule has 0 N–H and O–H groups in total. The minimum atomic E-state index is 0.646. The van der Waals surface area contributed by atoms with Gasteiger partial charge in [-0.15, -0.1) is 11.3 Å².